The van der Waals surface area contributed by atoms with Gasteiger partial charge in [0.25, 0.3) is 5.56 Å². The summed E-state index contributed by atoms with van der Waals surface area (Å²) in [6, 6.07) is 3.33. The molecule has 0 unspecified atom stereocenters. The van der Waals surface area contributed by atoms with E-state index in [0.29, 0.717) is 26.9 Å². The van der Waals surface area contributed by atoms with Gasteiger partial charge in [-0.15, -0.1) is 0 Å². The number of fused-ring (bicyclic) bond motifs is 1. The zero-order chi connectivity index (χ0) is 15.9. The molecule has 9 heteroatoms. The molecule has 0 amide bonds. The Labute approximate surface area is 132 Å². The number of hydrogen-bond acceptors (Lipinski definition) is 5. The molecule has 0 saturated heterocycles. The smallest absolute Gasteiger partial charge is 0.329 e. The van der Waals surface area contributed by atoms with Crippen LogP contribution in [0.25, 0.3) is 10.9 Å². The van der Waals surface area contributed by atoms with Crippen LogP contribution in [0.15, 0.2) is 32.5 Å². The standard InChI is InChI=1S/C13H12BrN5O3/c1-18-6-15-10(17-18)5-19-12(20)11-8(16-13(19)21)3-7(14)4-9(11)22-2/h3-4,6H,5H2,1-2H3,(H,16,21). The number of nitrogens with one attached hydrogen (secondary N) is 1. The largest absolute Gasteiger partial charge is 0.496 e. The molecule has 2 heterocycles. The molecule has 1 N–H and O–H groups in total. The molecule has 8 nitrogen and oxygen atoms in total. The summed E-state index contributed by atoms with van der Waals surface area (Å²) in [5, 5.41) is 4.39. The van der Waals surface area contributed by atoms with Crippen molar-refractivity contribution in [3.05, 3.63) is 49.6 Å². The zero-order valence-electron chi connectivity index (χ0n) is 11.8. The number of halogens is 1. The van der Waals surface area contributed by atoms with Crippen LogP contribution in [-0.2, 0) is 13.6 Å². The van der Waals surface area contributed by atoms with Gasteiger partial charge in [-0.1, -0.05) is 15.9 Å². The van der Waals surface area contributed by atoms with Crippen LogP contribution in [0.2, 0.25) is 0 Å². The van der Waals surface area contributed by atoms with Crippen LogP contribution in [-0.4, -0.2) is 31.4 Å². The van der Waals surface area contributed by atoms with Crippen LogP contribution in [0, 0.1) is 0 Å². The summed E-state index contributed by atoms with van der Waals surface area (Å²) in [7, 11) is 3.18. The topological polar surface area (TPSA) is 94.8 Å². The summed E-state index contributed by atoms with van der Waals surface area (Å²) in [6.45, 7) is -0.00976. The molecular weight excluding hydrogens is 354 g/mol. The monoisotopic (exact) mass is 365 g/mol. The first-order valence-electron chi connectivity index (χ1n) is 6.34. The molecule has 0 atom stereocenters. The third-order valence-electron chi connectivity index (χ3n) is 3.18. The summed E-state index contributed by atoms with van der Waals surface area (Å²) < 4.78 is 8.50. The molecule has 0 aliphatic rings. The molecule has 0 spiro atoms. The summed E-state index contributed by atoms with van der Waals surface area (Å²) in [5.41, 5.74) is -0.563. The number of methoxy groups -OCH3 is 1. The van der Waals surface area contributed by atoms with E-state index in [1.165, 1.54) is 18.1 Å². The summed E-state index contributed by atoms with van der Waals surface area (Å²) >= 11 is 3.31. The van der Waals surface area contributed by atoms with Gasteiger partial charge in [-0.05, 0) is 12.1 Å². The Bertz CT molecular complexity index is 972. The predicted octanol–water partition coefficient (Wildman–Crippen LogP) is 0.638. The molecule has 114 valence electrons. The van der Waals surface area contributed by atoms with Crippen LogP contribution in [0.5, 0.6) is 5.75 Å². The second-order valence-corrected chi connectivity index (χ2v) is 5.60. The van der Waals surface area contributed by atoms with E-state index in [4.69, 9.17) is 4.74 Å². The molecule has 3 aromatic rings. The molecule has 0 aliphatic heterocycles. The predicted molar refractivity (Wildman–Crippen MR) is 83.2 cm³/mol. The minimum Gasteiger partial charge on any atom is -0.496 e. The Kier molecular flexibility index (Phi) is 3.57. The molecular formula is C13H12BrN5O3. The molecule has 0 fully saturated rings. The minimum atomic E-state index is -0.523. The third-order valence-corrected chi connectivity index (χ3v) is 3.64. The van der Waals surface area contributed by atoms with E-state index < -0.39 is 11.2 Å². The number of hydrogen-bond donors (Lipinski definition) is 1. The third kappa shape index (κ3) is 2.43. The normalized spacial score (nSPS) is 11.0. The summed E-state index contributed by atoms with van der Waals surface area (Å²) in [4.78, 5) is 31.5. The molecule has 1 aromatic carbocycles. The average Bonchev–Trinajstić information content (AvgIpc) is 2.87. The highest BCUT2D eigenvalue weighted by Gasteiger charge is 2.14. The lowest BCUT2D eigenvalue weighted by Crippen LogP contribution is -2.35. The summed E-state index contributed by atoms with van der Waals surface area (Å²) in [5.74, 6) is 0.763. The van der Waals surface area contributed by atoms with E-state index in [1.54, 1.807) is 19.2 Å². The number of H-pyrrole nitrogens is 1. The van der Waals surface area contributed by atoms with Crippen molar-refractivity contribution in [2.45, 2.75) is 6.54 Å². The van der Waals surface area contributed by atoms with Gasteiger partial charge < -0.3 is 9.72 Å². The molecule has 3 rings (SSSR count). The maximum absolute atomic E-state index is 12.6. The van der Waals surface area contributed by atoms with E-state index in [1.807, 2.05) is 0 Å². The maximum Gasteiger partial charge on any atom is 0.329 e. The van der Waals surface area contributed by atoms with E-state index in [-0.39, 0.29) is 6.54 Å². The van der Waals surface area contributed by atoms with Gasteiger partial charge >= 0.3 is 5.69 Å². The number of benzene rings is 1. The van der Waals surface area contributed by atoms with Gasteiger partial charge in [-0.2, -0.15) is 5.10 Å². The van der Waals surface area contributed by atoms with Crippen LogP contribution >= 0.6 is 15.9 Å². The number of aryl methyl sites for hydroxylation is 1. The van der Waals surface area contributed by atoms with Gasteiger partial charge in [-0.25, -0.2) is 9.78 Å². The Balaban J connectivity index is 2.25. The molecule has 0 aliphatic carbocycles. The average molecular weight is 366 g/mol. The first-order valence-corrected chi connectivity index (χ1v) is 7.14. The van der Waals surface area contributed by atoms with Crippen LogP contribution in [0.1, 0.15) is 5.82 Å². The second-order valence-electron chi connectivity index (χ2n) is 4.69. The Morgan fingerprint density at radius 1 is 1.36 bits per heavy atom. The minimum absolute atomic E-state index is 0.00976. The van der Waals surface area contributed by atoms with Gasteiger partial charge in [0.15, 0.2) is 5.82 Å². The Morgan fingerprint density at radius 3 is 2.77 bits per heavy atom. The van der Waals surface area contributed by atoms with Crippen molar-refractivity contribution in [1.29, 1.82) is 0 Å². The van der Waals surface area contributed by atoms with Crippen molar-refractivity contribution in [2.75, 3.05) is 7.11 Å². The molecule has 2 aromatic heterocycles. The Morgan fingerprint density at radius 2 is 2.14 bits per heavy atom. The fourth-order valence-electron chi connectivity index (χ4n) is 2.21. The number of aromatic nitrogens is 5. The van der Waals surface area contributed by atoms with Gasteiger partial charge in [0.1, 0.15) is 17.5 Å². The van der Waals surface area contributed by atoms with Crippen LogP contribution in [0.4, 0.5) is 0 Å². The zero-order valence-corrected chi connectivity index (χ0v) is 13.4. The van der Waals surface area contributed by atoms with Crippen LogP contribution in [0.3, 0.4) is 0 Å². The first-order chi connectivity index (χ1) is 10.5. The van der Waals surface area contributed by atoms with Gasteiger partial charge in [-0.3, -0.25) is 14.0 Å². The van der Waals surface area contributed by atoms with Gasteiger partial charge in [0.2, 0.25) is 0 Å². The highest BCUT2D eigenvalue weighted by molar-refractivity contribution is 9.10. The quantitative estimate of drug-likeness (QED) is 0.734. The molecule has 0 radical (unpaired) electrons. The summed E-state index contributed by atoms with van der Waals surface area (Å²) in [6.07, 6.45) is 1.51. The van der Waals surface area contributed by atoms with E-state index in [0.717, 1.165) is 4.57 Å². The molecule has 22 heavy (non-hydrogen) atoms. The lowest BCUT2D eigenvalue weighted by atomic mass is 10.2. The highest BCUT2D eigenvalue weighted by atomic mass is 79.9. The highest BCUT2D eigenvalue weighted by Crippen LogP contribution is 2.25. The van der Waals surface area contributed by atoms with Crippen molar-refractivity contribution in [3.63, 3.8) is 0 Å². The first kappa shape index (κ1) is 14.5. The lowest BCUT2D eigenvalue weighted by Gasteiger charge is -2.08. The van der Waals surface area contributed by atoms with Crippen molar-refractivity contribution in [3.8, 4) is 5.75 Å². The van der Waals surface area contributed by atoms with Crippen molar-refractivity contribution in [1.82, 2.24) is 24.3 Å². The molecule has 0 saturated carbocycles. The number of nitrogens with zero attached hydrogens (tertiary/aromatic N) is 4. The van der Waals surface area contributed by atoms with Crippen molar-refractivity contribution < 1.29 is 4.74 Å². The van der Waals surface area contributed by atoms with Crippen LogP contribution < -0.4 is 16.0 Å². The van der Waals surface area contributed by atoms with Gasteiger partial charge in [0.05, 0.1) is 19.2 Å². The van der Waals surface area contributed by atoms with Crippen molar-refractivity contribution >= 4 is 26.8 Å². The fraction of sp³-hybridized carbons (Fsp3) is 0.231. The second kappa shape index (κ2) is 5.41. The number of aromatic amines is 1. The SMILES string of the molecule is COc1cc(Br)cc2[nH]c(=O)n(Cc3ncn(C)n3)c(=O)c12. The molecule has 0 bridgehead atoms. The van der Waals surface area contributed by atoms with E-state index in [9.17, 15) is 9.59 Å². The lowest BCUT2D eigenvalue weighted by molar-refractivity contribution is 0.418. The maximum atomic E-state index is 12.6. The van der Waals surface area contributed by atoms with E-state index >= 15 is 0 Å². The fourth-order valence-corrected chi connectivity index (χ4v) is 2.65. The Hall–Kier alpha value is -2.42. The number of rotatable bonds is 3. The van der Waals surface area contributed by atoms with E-state index in [2.05, 4.69) is 31.0 Å². The van der Waals surface area contributed by atoms with Gasteiger partial charge in [0, 0.05) is 11.5 Å². The number of ether oxygens (including phenoxy) is 1. The van der Waals surface area contributed by atoms with Crippen molar-refractivity contribution in [2.24, 2.45) is 7.05 Å².